The van der Waals surface area contributed by atoms with E-state index in [4.69, 9.17) is 0 Å². The van der Waals surface area contributed by atoms with Crippen molar-refractivity contribution < 1.29 is 9.18 Å². The molecular weight excluding hydrogens is 343 g/mol. The molecule has 0 aliphatic rings. The van der Waals surface area contributed by atoms with Crippen LogP contribution >= 0.6 is 0 Å². The predicted molar refractivity (Wildman–Crippen MR) is 103 cm³/mol. The largest absolute Gasteiger partial charge is 0.365 e. The highest BCUT2D eigenvalue weighted by Crippen LogP contribution is 2.07. The Kier molecular flexibility index (Phi) is 6.46. The van der Waals surface area contributed by atoms with E-state index in [0.717, 1.165) is 18.4 Å². The second-order valence-corrected chi connectivity index (χ2v) is 6.11. The minimum atomic E-state index is -0.266. The van der Waals surface area contributed by atoms with Gasteiger partial charge in [0.15, 0.2) is 0 Å². The van der Waals surface area contributed by atoms with Crippen molar-refractivity contribution in [3.63, 3.8) is 0 Å². The molecule has 0 unspecified atom stereocenters. The highest BCUT2D eigenvalue weighted by atomic mass is 19.1. The molecule has 0 atom stereocenters. The van der Waals surface area contributed by atoms with Gasteiger partial charge in [0.2, 0.25) is 0 Å². The zero-order valence-corrected chi connectivity index (χ0v) is 14.9. The SMILES string of the molecule is O=C(NCCCc1ccccc1)c1cnc(NCc2ccc(F)cc2)cn1. The fraction of sp³-hybridized carbons (Fsp3) is 0.190. The van der Waals surface area contributed by atoms with Crippen LogP contribution in [0.2, 0.25) is 0 Å². The van der Waals surface area contributed by atoms with Gasteiger partial charge in [0.1, 0.15) is 17.3 Å². The van der Waals surface area contributed by atoms with E-state index in [-0.39, 0.29) is 17.4 Å². The van der Waals surface area contributed by atoms with Crippen molar-refractivity contribution >= 4 is 11.7 Å². The predicted octanol–water partition coefficient (Wildman–Crippen LogP) is 3.59. The molecule has 0 aliphatic heterocycles. The van der Waals surface area contributed by atoms with E-state index in [1.165, 1.54) is 30.1 Å². The number of halogens is 1. The number of rotatable bonds is 8. The molecule has 0 radical (unpaired) electrons. The van der Waals surface area contributed by atoms with E-state index in [9.17, 15) is 9.18 Å². The van der Waals surface area contributed by atoms with E-state index in [2.05, 4.69) is 32.7 Å². The van der Waals surface area contributed by atoms with Gasteiger partial charge in [-0.1, -0.05) is 42.5 Å². The van der Waals surface area contributed by atoms with Crippen molar-refractivity contribution in [1.82, 2.24) is 15.3 Å². The lowest BCUT2D eigenvalue weighted by atomic mass is 10.1. The summed E-state index contributed by atoms with van der Waals surface area (Å²) in [4.78, 5) is 20.5. The molecule has 138 valence electrons. The van der Waals surface area contributed by atoms with Crippen molar-refractivity contribution in [2.24, 2.45) is 0 Å². The summed E-state index contributed by atoms with van der Waals surface area (Å²) in [5.41, 5.74) is 2.46. The molecule has 2 aromatic carbocycles. The topological polar surface area (TPSA) is 66.9 Å². The summed E-state index contributed by atoms with van der Waals surface area (Å²) in [6, 6.07) is 16.4. The summed E-state index contributed by atoms with van der Waals surface area (Å²) >= 11 is 0. The first-order valence-electron chi connectivity index (χ1n) is 8.83. The number of benzene rings is 2. The number of anilines is 1. The molecule has 1 heterocycles. The first-order chi connectivity index (χ1) is 13.2. The third-order valence-electron chi connectivity index (χ3n) is 4.04. The number of aryl methyl sites for hydroxylation is 1. The summed E-state index contributed by atoms with van der Waals surface area (Å²) in [5.74, 6) is 0.0540. The molecule has 27 heavy (non-hydrogen) atoms. The van der Waals surface area contributed by atoms with E-state index in [1.54, 1.807) is 12.1 Å². The van der Waals surface area contributed by atoms with Crippen LogP contribution in [-0.2, 0) is 13.0 Å². The average Bonchev–Trinajstić information content (AvgIpc) is 2.72. The highest BCUT2D eigenvalue weighted by molar-refractivity contribution is 5.91. The van der Waals surface area contributed by atoms with Crippen molar-refractivity contribution in [3.05, 3.63) is 89.6 Å². The Morgan fingerprint density at radius 3 is 2.41 bits per heavy atom. The molecule has 0 saturated heterocycles. The molecule has 3 rings (SSSR count). The van der Waals surface area contributed by atoms with Crippen molar-refractivity contribution in [3.8, 4) is 0 Å². The lowest BCUT2D eigenvalue weighted by Crippen LogP contribution is -2.25. The maximum atomic E-state index is 12.9. The van der Waals surface area contributed by atoms with Crippen LogP contribution in [0, 0.1) is 5.82 Å². The van der Waals surface area contributed by atoms with Crippen molar-refractivity contribution in [1.29, 1.82) is 0 Å². The Morgan fingerprint density at radius 1 is 0.926 bits per heavy atom. The van der Waals surface area contributed by atoms with Gasteiger partial charge in [0, 0.05) is 13.1 Å². The summed E-state index contributed by atoms with van der Waals surface area (Å²) in [5, 5.41) is 5.94. The molecule has 0 saturated carbocycles. The number of carbonyl (C=O) groups excluding carboxylic acids is 1. The van der Waals surface area contributed by atoms with Gasteiger partial charge in [0.25, 0.3) is 5.91 Å². The third-order valence-corrected chi connectivity index (χ3v) is 4.04. The Labute approximate surface area is 157 Å². The van der Waals surface area contributed by atoms with Gasteiger partial charge in [0.05, 0.1) is 12.4 Å². The van der Waals surface area contributed by atoms with Crippen molar-refractivity contribution in [2.75, 3.05) is 11.9 Å². The first-order valence-corrected chi connectivity index (χ1v) is 8.83. The Hall–Kier alpha value is -3.28. The molecule has 0 aliphatic carbocycles. The second kappa shape index (κ2) is 9.43. The van der Waals surface area contributed by atoms with Gasteiger partial charge in [-0.05, 0) is 36.1 Å². The maximum absolute atomic E-state index is 12.9. The van der Waals surface area contributed by atoms with Crippen LogP contribution in [0.15, 0.2) is 67.0 Å². The number of amides is 1. The lowest BCUT2D eigenvalue weighted by molar-refractivity contribution is 0.0948. The van der Waals surface area contributed by atoms with E-state index in [0.29, 0.717) is 18.9 Å². The monoisotopic (exact) mass is 364 g/mol. The van der Waals surface area contributed by atoms with Crippen LogP contribution in [-0.4, -0.2) is 22.4 Å². The van der Waals surface area contributed by atoms with Gasteiger partial charge in [-0.15, -0.1) is 0 Å². The van der Waals surface area contributed by atoms with E-state index < -0.39 is 0 Å². The van der Waals surface area contributed by atoms with E-state index >= 15 is 0 Å². The highest BCUT2D eigenvalue weighted by Gasteiger charge is 2.07. The molecule has 0 fully saturated rings. The average molecular weight is 364 g/mol. The molecule has 3 aromatic rings. The number of nitrogens with one attached hydrogen (secondary N) is 2. The fourth-order valence-electron chi connectivity index (χ4n) is 2.56. The van der Waals surface area contributed by atoms with Crippen LogP contribution in [0.25, 0.3) is 0 Å². The van der Waals surface area contributed by atoms with Crippen LogP contribution in [0.4, 0.5) is 10.2 Å². The van der Waals surface area contributed by atoms with Gasteiger partial charge >= 0.3 is 0 Å². The van der Waals surface area contributed by atoms with Crippen LogP contribution in [0.5, 0.6) is 0 Å². The zero-order chi connectivity index (χ0) is 18.9. The quantitative estimate of drug-likeness (QED) is 0.600. The number of hydrogen-bond donors (Lipinski definition) is 2. The third kappa shape index (κ3) is 5.88. The normalized spacial score (nSPS) is 10.4. The van der Waals surface area contributed by atoms with E-state index in [1.807, 2.05) is 18.2 Å². The minimum absolute atomic E-state index is 0.236. The molecule has 0 bridgehead atoms. The molecule has 2 N–H and O–H groups in total. The van der Waals surface area contributed by atoms with Crippen LogP contribution < -0.4 is 10.6 Å². The molecule has 6 heteroatoms. The van der Waals surface area contributed by atoms with Gasteiger partial charge < -0.3 is 10.6 Å². The molecular formula is C21H21FN4O. The minimum Gasteiger partial charge on any atom is -0.365 e. The summed E-state index contributed by atoms with van der Waals surface area (Å²) in [6.45, 7) is 1.08. The molecule has 5 nitrogen and oxygen atoms in total. The summed E-state index contributed by atoms with van der Waals surface area (Å²) in [7, 11) is 0. The number of hydrogen-bond acceptors (Lipinski definition) is 4. The standard InChI is InChI=1S/C21H21FN4O/c22-18-10-8-17(9-11-18)13-25-20-15-24-19(14-26-20)21(27)23-12-4-7-16-5-2-1-3-6-16/h1-3,5-6,8-11,14-15H,4,7,12-13H2,(H,23,27)(H,25,26). The van der Waals surface area contributed by atoms with Crippen LogP contribution in [0.3, 0.4) is 0 Å². The second-order valence-electron chi connectivity index (χ2n) is 6.11. The van der Waals surface area contributed by atoms with Gasteiger partial charge in [-0.25, -0.2) is 14.4 Å². The first kappa shape index (κ1) is 18.5. The Balaban J connectivity index is 1.42. The Bertz CT molecular complexity index is 852. The summed E-state index contributed by atoms with van der Waals surface area (Å²) in [6.07, 6.45) is 4.74. The molecule has 0 spiro atoms. The fourth-order valence-corrected chi connectivity index (χ4v) is 2.56. The van der Waals surface area contributed by atoms with Crippen molar-refractivity contribution in [2.45, 2.75) is 19.4 Å². The number of nitrogens with zero attached hydrogens (tertiary/aromatic N) is 2. The van der Waals surface area contributed by atoms with Gasteiger partial charge in [-0.2, -0.15) is 0 Å². The smallest absolute Gasteiger partial charge is 0.271 e. The van der Waals surface area contributed by atoms with Crippen LogP contribution in [0.1, 0.15) is 28.0 Å². The Morgan fingerprint density at radius 2 is 1.70 bits per heavy atom. The molecule has 1 amide bonds. The number of carbonyl (C=O) groups is 1. The maximum Gasteiger partial charge on any atom is 0.271 e. The molecule has 1 aromatic heterocycles. The lowest BCUT2D eigenvalue weighted by Gasteiger charge is -2.07. The summed E-state index contributed by atoms with van der Waals surface area (Å²) < 4.78 is 12.9. The van der Waals surface area contributed by atoms with Gasteiger partial charge in [-0.3, -0.25) is 4.79 Å². The number of aromatic nitrogens is 2. The zero-order valence-electron chi connectivity index (χ0n) is 14.9.